The number of amides is 2. The number of aryl methyl sites for hydroxylation is 1. The second-order valence-corrected chi connectivity index (χ2v) is 12.8. The van der Waals surface area contributed by atoms with Crippen molar-refractivity contribution in [2.75, 3.05) is 31.5 Å². The standard InChI is InChI=1S/C27H28ClF3N4O3S.C6H7F3.2C2H6/c1-16-13-18(28)15-20(24(36)33-25-32-21-6-5-17(27(29,30)31)14-22(21)39-25)23(16)38-26(37)35-11-7-19(8-12-35)34-9-3-2-4-10-34;1-3-5(4-2)6(7,8)9;2*1-2/h5-6,13-15,19H,2-4,7-12H2,1H3,(H,32,33,36);3-4H,1H2,2H3;2*1-2H3/b;5-4+;;. The topological polar surface area (TPSA) is 74.8 Å². The van der Waals surface area contributed by atoms with E-state index < -0.39 is 35.5 Å². The number of benzene rings is 2. The Labute approximate surface area is 310 Å². The summed E-state index contributed by atoms with van der Waals surface area (Å²) >= 11 is 7.13. The maximum atomic E-state index is 13.2. The number of alkyl halides is 6. The average molecular weight is 777 g/mol. The van der Waals surface area contributed by atoms with Gasteiger partial charge in [0.15, 0.2) is 5.13 Å². The second-order valence-electron chi connectivity index (χ2n) is 11.4. The lowest BCUT2D eigenvalue weighted by molar-refractivity contribution is -0.137. The van der Waals surface area contributed by atoms with Crippen LogP contribution in [0.25, 0.3) is 10.2 Å². The van der Waals surface area contributed by atoms with Gasteiger partial charge in [-0.2, -0.15) is 26.3 Å². The van der Waals surface area contributed by atoms with Crippen molar-refractivity contribution in [1.82, 2.24) is 14.8 Å². The van der Waals surface area contributed by atoms with Crippen molar-refractivity contribution >= 4 is 50.3 Å². The number of allylic oxidation sites excluding steroid dienone is 3. The van der Waals surface area contributed by atoms with Crippen molar-refractivity contribution in [3.8, 4) is 5.75 Å². The number of anilines is 1. The third-order valence-corrected chi connectivity index (χ3v) is 9.25. The van der Waals surface area contributed by atoms with Crippen LogP contribution < -0.4 is 10.1 Å². The van der Waals surface area contributed by atoms with Gasteiger partial charge >= 0.3 is 18.4 Å². The largest absolute Gasteiger partial charge is 0.416 e. The molecule has 2 aromatic carbocycles. The predicted octanol–water partition coefficient (Wildman–Crippen LogP) is 11.7. The van der Waals surface area contributed by atoms with Gasteiger partial charge in [0.2, 0.25) is 0 Å². The minimum absolute atomic E-state index is 0.0341. The predicted molar refractivity (Wildman–Crippen MR) is 198 cm³/mol. The lowest BCUT2D eigenvalue weighted by Crippen LogP contribution is -2.48. The molecule has 7 nitrogen and oxygen atoms in total. The highest BCUT2D eigenvalue weighted by atomic mass is 35.5. The van der Waals surface area contributed by atoms with E-state index in [0.29, 0.717) is 30.2 Å². The van der Waals surface area contributed by atoms with Crippen LogP contribution in [0.2, 0.25) is 5.02 Å². The van der Waals surface area contributed by atoms with Crippen molar-refractivity contribution in [3.63, 3.8) is 0 Å². The molecule has 2 aliphatic rings. The Morgan fingerprint density at radius 3 is 2.12 bits per heavy atom. The third kappa shape index (κ3) is 12.5. The molecule has 2 aliphatic heterocycles. The lowest BCUT2D eigenvalue weighted by Gasteiger charge is -2.39. The Morgan fingerprint density at radius 1 is 0.981 bits per heavy atom. The number of fused-ring (bicyclic) bond motifs is 1. The fourth-order valence-electron chi connectivity index (χ4n) is 5.60. The van der Waals surface area contributed by atoms with Crippen LogP contribution in [0.3, 0.4) is 0 Å². The van der Waals surface area contributed by atoms with Gasteiger partial charge in [0.1, 0.15) is 5.75 Å². The van der Waals surface area contributed by atoms with Crippen LogP contribution in [-0.4, -0.2) is 65.2 Å². The van der Waals surface area contributed by atoms with Gasteiger partial charge in [0, 0.05) is 24.2 Å². The van der Waals surface area contributed by atoms with Gasteiger partial charge < -0.3 is 14.5 Å². The summed E-state index contributed by atoms with van der Waals surface area (Å²) in [5.41, 5.74) is -0.626. The van der Waals surface area contributed by atoms with Crippen molar-refractivity contribution in [1.29, 1.82) is 0 Å². The smallest absolute Gasteiger partial charge is 0.409 e. The Balaban J connectivity index is 0.000000624. The zero-order valence-electron chi connectivity index (χ0n) is 30.3. The number of carbonyl (C=O) groups is 2. The van der Waals surface area contributed by atoms with Crippen molar-refractivity contribution in [2.45, 2.75) is 92.0 Å². The zero-order valence-corrected chi connectivity index (χ0v) is 31.9. The summed E-state index contributed by atoms with van der Waals surface area (Å²) in [7, 11) is 0. The highest BCUT2D eigenvalue weighted by molar-refractivity contribution is 7.22. The van der Waals surface area contributed by atoms with Crippen LogP contribution in [0.4, 0.5) is 36.3 Å². The van der Waals surface area contributed by atoms with E-state index in [1.54, 1.807) is 17.9 Å². The average Bonchev–Trinajstić information content (AvgIpc) is 3.53. The van der Waals surface area contributed by atoms with E-state index in [-0.39, 0.29) is 26.2 Å². The molecule has 0 aliphatic carbocycles. The minimum atomic E-state index is -4.48. The zero-order chi connectivity index (χ0) is 39.2. The number of rotatable bonds is 5. The number of hydrogen-bond acceptors (Lipinski definition) is 6. The summed E-state index contributed by atoms with van der Waals surface area (Å²) in [6, 6.07) is 6.66. The molecule has 0 spiro atoms. The van der Waals surface area contributed by atoms with Gasteiger partial charge in [-0.1, -0.05) is 75.8 Å². The summed E-state index contributed by atoms with van der Waals surface area (Å²) < 4.78 is 80.0. The Kier molecular flexibility index (Phi) is 17.6. The molecule has 0 atom stereocenters. The Hall–Kier alpha value is -3.62. The number of piperidine rings is 2. The minimum Gasteiger partial charge on any atom is -0.409 e. The maximum absolute atomic E-state index is 13.2. The molecular formula is C37H47ClF6N4O3S. The van der Waals surface area contributed by atoms with Crippen molar-refractivity contribution in [3.05, 3.63) is 76.3 Å². The van der Waals surface area contributed by atoms with E-state index in [0.717, 1.165) is 61.6 Å². The molecule has 0 radical (unpaired) electrons. The molecule has 0 unspecified atom stereocenters. The molecule has 288 valence electrons. The highest BCUT2D eigenvalue weighted by Gasteiger charge is 2.32. The number of nitrogens with one attached hydrogen (secondary N) is 1. The molecule has 0 saturated carbocycles. The highest BCUT2D eigenvalue weighted by Crippen LogP contribution is 2.35. The lowest BCUT2D eigenvalue weighted by atomic mass is 10.0. The summed E-state index contributed by atoms with van der Waals surface area (Å²) in [5, 5.41) is 3.01. The molecule has 2 amide bonds. The first-order chi connectivity index (χ1) is 24.6. The van der Waals surface area contributed by atoms with Crippen LogP contribution in [0, 0.1) is 6.92 Å². The van der Waals surface area contributed by atoms with Crippen molar-refractivity contribution in [2.24, 2.45) is 0 Å². The molecule has 52 heavy (non-hydrogen) atoms. The van der Waals surface area contributed by atoms with Crippen LogP contribution in [-0.2, 0) is 6.18 Å². The number of carbonyl (C=O) groups excluding carboxylic acids is 2. The molecule has 1 N–H and O–H groups in total. The van der Waals surface area contributed by atoms with Gasteiger partial charge in [0.05, 0.1) is 26.9 Å². The fraction of sp³-hybridized carbons (Fsp3) is 0.486. The van der Waals surface area contributed by atoms with E-state index in [4.69, 9.17) is 16.3 Å². The van der Waals surface area contributed by atoms with E-state index in [9.17, 15) is 35.9 Å². The monoisotopic (exact) mass is 776 g/mol. The molecule has 2 fully saturated rings. The van der Waals surface area contributed by atoms with Crippen LogP contribution in [0.15, 0.2) is 54.6 Å². The number of nitrogens with zero attached hydrogens (tertiary/aromatic N) is 3. The SMILES string of the molecule is C=C/C(=C\C)C(F)(F)F.CC.CC.Cc1cc(Cl)cc(C(=O)Nc2nc3ccc(C(F)(F)F)cc3s2)c1OC(=O)N1CCC(N2CCCCC2)CC1. The first-order valence-corrected chi connectivity index (χ1v) is 18.5. The van der Waals surface area contributed by atoms with Crippen LogP contribution >= 0.6 is 22.9 Å². The first-order valence-electron chi connectivity index (χ1n) is 17.3. The number of likely N-dealkylation sites (tertiary alicyclic amines) is 2. The second kappa shape index (κ2) is 20.6. The molecule has 2 saturated heterocycles. The Bertz CT molecular complexity index is 1660. The number of thiazole rings is 1. The van der Waals surface area contributed by atoms with Gasteiger partial charge in [-0.25, -0.2) is 9.78 Å². The summed E-state index contributed by atoms with van der Waals surface area (Å²) in [4.78, 5) is 34.7. The molecular weight excluding hydrogens is 730 g/mol. The maximum Gasteiger partial charge on any atom is 0.416 e. The number of hydrogen-bond donors (Lipinski definition) is 1. The molecule has 5 rings (SSSR count). The molecule has 3 heterocycles. The number of ether oxygens (including phenoxy) is 1. The fourth-order valence-corrected chi connectivity index (χ4v) is 6.77. The van der Waals surface area contributed by atoms with E-state index in [1.165, 1.54) is 38.3 Å². The van der Waals surface area contributed by atoms with Crippen LogP contribution in [0.1, 0.15) is 88.2 Å². The molecule has 0 bridgehead atoms. The van der Waals surface area contributed by atoms with Crippen molar-refractivity contribution < 1.29 is 40.7 Å². The number of aromatic nitrogens is 1. The summed E-state index contributed by atoms with van der Waals surface area (Å²) in [6.07, 6.45) is -2.04. The van der Waals surface area contributed by atoms with E-state index >= 15 is 0 Å². The van der Waals surface area contributed by atoms with Crippen LogP contribution in [0.5, 0.6) is 5.75 Å². The van der Waals surface area contributed by atoms with Gasteiger partial charge in [-0.05, 0) is 88.5 Å². The molecule has 15 heteroatoms. The quantitative estimate of drug-likeness (QED) is 0.206. The van der Waals surface area contributed by atoms with Gasteiger partial charge in [-0.15, -0.1) is 0 Å². The van der Waals surface area contributed by atoms with Gasteiger partial charge in [0.25, 0.3) is 5.91 Å². The normalized spacial score (nSPS) is 15.6. The Morgan fingerprint density at radius 2 is 1.60 bits per heavy atom. The van der Waals surface area contributed by atoms with E-state index in [2.05, 4.69) is 21.8 Å². The summed E-state index contributed by atoms with van der Waals surface area (Å²) in [6.45, 7) is 17.4. The molecule has 1 aromatic heterocycles. The summed E-state index contributed by atoms with van der Waals surface area (Å²) in [5.74, 6) is -0.553. The number of halogens is 7. The first kappa shape index (κ1) is 44.5. The van der Waals surface area contributed by atoms with E-state index in [1.807, 2.05) is 27.7 Å². The van der Waals surface area contributed by atoms with Gasteiger partial charge in [-0.3, -0.25) is 10.1 Å². The molecule has 3 aromatic rings. The third-order valence-electron chi connectivity index (χ3n) is 8.10.